The number of benzene rings is 3. The topological polar surface area (TPSA) is 67.9 Å². The highest BCUT2D eigenvalue weighted by Crippen LogP contribution is 2.31. The number of halogens is 2. The van der Waals surface area contributed by atoms with E-state index in [1.165, 1.54) is 0 Å². The largest absolute Gasteiger partial charge is 0.490 e. The summed E-state index contributed by atoms with van der Waals surface area (Å²) >= 11 is 12.2. The molecule has 1 heterocycles. The van der Waals surface area contributed by atoms with Gasteiger partial charge < -0.3 is 14.8 Å². The number of carbonyl (C=O) groups is 2. The lowest BCUT2D eigenvalue weighted by atomic mass is 10.1. The van der Waals surface area contributed by atoms with Gasteiger partial charge in [-0.15, -0.1) is 0 Å². The summed E-state index contributed by atoms with van der Waals surface area (Å²) in [7, 11) is 0. The molecule has 1 aliphatic heterocycles. The number of rotatable bonds is 7. The van der Waals surface area contributed by atoms with E-state index in [0.29, 0.717) is 39.4 Å². The maximum Gasteiger partial charge on any atom is 0.333 e. The summed E-state index contributed by atoms with van der Waals surface area (Å²) in [6.45, 7) is 2.58. The predicted molar refractivity (Wildman–Crippen MR) is 129 cm³/mol. The van der Waals surface area contributed by atoms with E-state index in [9.17, 15) is 9.59 Å². The van der Waals surface area contributed by atoms with Gasteiger partial charge in [0.25, 0.3) is 5.91 Å². The van der Waals surface area contributed by atoms with Crippen molar-refractivity contribution in [2.24, 2.45) is 0 Å². The van der Waals surface area contributed by atoms with Crippen LogP contribution in [0.15, 0.2) is 72.4 Å². The molecular formula is C25H20Cl2N2O4. The number of hydrogen-bond acceptors (Lipinski definition) is 4. The highest BCUT2D eigenvalue weighted by molar-refractivity contribution is 6.32. The molecule has 1 aliphatic rings. The second kappa shape index (κ2) is 9.98. The lowest BCUT2D eigenvalue weighted by Crippen LogP contribution is -2.30. The number of nitrogens with one attached hydrogen (secondary N) is 1. The number of carbonyl (C=O) groups excluding carboxylic acids is 2. The molecule has 3 aromatic rings. The minimum absolute atomic E-state index is 0.146. The van der Waals surface area contributed by atoms with E-state index in [1.807, 2.05) is 25.1 Å². The van der Waals surface area contributed by atoms with Gasteiger partial charge in [0, 0.05) is 15.6 Å². The van der Waals surface area contributed by atoms with Crippen molar-refractivity contribution in [3.63, 3.8) is 0 Å². The highest BCUT2D eigenvalue weighted by Gasteiger charge is 2.35. The van der Waals surface area contributed by atoms with Gasteiger partial charge in [0.05, 0.1) is 12.3 Å². The van der Waals surface area contributed by atoms with Gasteiger partial charge >= 0.3 is 6.03 Å². The fourth-order valence-electron chi connectivity index (χ4n) is 3.32. The van der Waals surface area contributed by atoms with Crippen molar-refractivity contribution in [2.45, 2.75) is 13.5 Å². The molecule has 0 radical (unpaired) electrons. The number of imide groups is 1. The molecule has 6 nitrogen and oxygen atoms in total. The molecule has 0 aliphatic carbocycles. The van der Waals surface area contributed by atoms with Gasteiger partial charge in [0.2, 0.25) is 0 Å². The molecule has 3 aromatic carbocycles. The molecule has 0 unspecified atom stereocenters. The lowest BCUT2D eigenvalue weighted by molar-refractivity contribution is -0.113. The first-order valence-electron chi connectivity index (χ1n) is 10.2. The van der Waals surface area contributed by atoms with E-state index in [2.05, 4.69) is 5.32 Å². The van der Waals surface area contributed by atoms with Gasteiger partial charge in [-0.3, -0.25) is 4.79 Å². The summed E-state index contributed by atoms with van der Waals surface area (Å²) in [5.74, 6) is 0.586. The Labute approximate surface area is 201 Å². The van der Waals surface area contributed by atoms with Crippen LogP contribution in [0.4, 0.5) is 10.5 Å². The second-order valence-electron chi connectivity index (χ2n) is 7.13. The van der Waals surface area contributed by atoms with Crippen LogP contribution in [-0.2, 0) is 11.4 Å². The molecule has 0 saturated carbocycles. The molecule has 1 N–H and O–H groups in total. The van der Waals surface area contributed by atoms with E-state index in [-0.39, 0.29) is 12.3 Å². The molecule has 3 amide bonds. The zero-order valence-corrected chi connectivity index (χ0v) is 19.2. The first-order chi connectivity index (χ1) is 16.0. The van der Waals surface area contributed by atoms with Gasteiger partial charge in [0.1, 0.15) is 12.3 Å². The van der Waals surface area contributed by atoms with Crippen LogP contribution in [-0.4, -0.2) is 18.5 Å². The normalized spacial score (nSPS) is 14.5. The Morgan fingerprint density at radius 1 is 0.939 bits per heavy atom. The predicted octanol–water partition coefficient (Wildman–Crippen LogP) is 6.07. The Morgan fingerprint density at radius 2 is 1.76 bits per heavy atom. The van der Waals surface area contributed by atoms with Gasteiger partial charge in [-0.1, -0.05) is 53.5 Å². The van der Waals surface area contributed by atoms with Crippen molar-refractivity contribution in [1.82, 2.24) is 5.32 Å². The van der Waals surface area contributed by atoms with Crippen molar-refractivity contribution in [3.05, 3.63) is 93.6 Å². The fourth-order valence-corrected chi connectivity index (χ4v) is 3.70. The van der Waals surface area contributed by atoms with Crippen LogP contribution < -0.4 is 19.7 Å². The van der Waals surface area contributed by atoms with Gasteiger partial charge in [-0.05, 0) is 55.0 Å². The Morgan fingerprint density at radius 3 is 2.52 bits per heavy atom. The number of nitrogens with zero attached hydrogens (tertiary/aromatic N) is 1. The standard InChI is InChI=1S/C25H20Cl2N2O4/c1-2-32-23-13-16(10-11-22(23)33-15-17-6-3-4-9-20(17)27)12-21-24(30)29(25(31)28-21)19-8-5-7-18(26)14-19/h3-14H,2,15H2,1H3,(H,28,31)/b21-12+. The maximum atomic E-state index is 12.9. The van der Waals surface area contributed by atoms with E-state index >= 15 is 0 Å². The van der Waals surface area contributed by atoms with Crippen LogP contribution in [0.2, 0.25) is 10.0 Å². The minimum atomic E-state index is -0.543. The maximum absolute atomic E-state index is 12.9. The van der Waals surface area contributed by atoms with E-state index in [0.717, 1.165) is 10.5 Å². The smallest absolute Gasteiger partial charge is 0.333 e. The molecular weight excluding hydrogens is 463 g/mol. The number of urea groups is 1. The molecule has 8 heteroatoms. The summed E-state index contributed by atoms with van der Waals surface area (Å²) in [6, 6.07) is 18.7. The average molecular weight is 483 g/mol. The van der Waals surface area contributed by atoms with Crippen LogP contribution in [0.25, 0.3) is 6.08 Å². The SMILES string of the molecule is CCOc1cc(/C=C2/NC(=O)N(c3cccc(Cl)c3)C2=O)ccc1OCc1ccccc1Cl. The molecule has 0 bridgehead atoms. The highest BCUT2D eigenvalue weighted by atomic mass is 35.5. The lowest BCUT2D eigenvalue weighted by Gasteiger charge is -2.13. The first kappa shape index (κ1) is 22.7. The van der Waals surface area contributed by atoms with Crippen molar-refractivity contribution in [3.8, 4) is 11.5 Å². The fraction of sp³-hybridized carbons (Fsp3) is 0.120. The molecule has 1 fully saturated rings. The average Bonchev–Trinajstić information content (AvgIpc) is 3.07. The molecule has 1 saturated heterocycles. The van der Waals surface area contributed by atoms with Crippen LogP contribution in [0.3, 0.4) is 0 Å². The first-order valence-corrected chi connectivity index (χ1v) is 11.0. The van der Waals surface area contributed by atoms with Gasteiger partial charge in [0.15, 0.2) is 11.5 Å². The zero-order chi connectivity index (χ0) is 23.4. The number of hydrogen-bond donors (Lipinski definition) is 1. The summed E-state index contributed by atoms with van der Waals surface area (Å²) in [4.78, 5) is 26.3. The Hall–Kier alpha value is -3.48. The number of amides is 3. The Bertz CT molecular complexity index is 1240. The number of ether oxygens (including phenoxy) is 2. The molecule has 33 heavy (non-hydrogen) atoms. The number of anilines is 1. The van der Waals surface area contributed by atoms with Crippen LogP contribution in [0, 0.1) is 0 Å². The van der Waals surface area contributed by atoms with Crippen molar-refractivity contribution in [1.29, 1.82) is 0 Å². The molecule has 0 spiro atoms. The van der Waals surface area contributed by atoms with Crippen molar-refractivity contribution >= 4 is 46.9 Å². The third-order valence-electron chi connectivity index (χ3n) is 4.86. The zero-order valence-electron chi connectivity index (χ0n) is 17.7. The summed E-state index contributed by atoms with van der Waals surface area (Å²) in [5, 5.41) is 3.66. The quantitative estimate of drug-likeness (QED) is 0.327. The van der Waals surface area contributed by atoms with Crippen molar-refractivity contribution < 1.29 is 19.1 Å². The van der Waals surface area contributed by atoms with Crippen LogP contribution in [0.5, 0.6) is 11.5 Å². The molecule has 4 rings (SSSR count). The van der Waals surface area contributed by atoms with Gasteiger partial charge in [-0.25, -0.2) is 9.69 Å². The summed E-state index contributed by atoms with van der Waals surface area (Å²) in [6.07, 6.45) is 1.59. The van der Waals surface area contributed by atoms with E-state index < -0.39 is 11.9 Å². The third kappa shape index (κ3) is 5.13. The Kier molecular flexibility index (Phi) is 6.87. The summed E-state index contributed by atoms with van der Waals surface area (Å²) < 4.78 is 11.6. The molecule has 0 aromatic heterocycles. The van der Waals surface area contributed by atoms with E-state index in [1.54, 1.807) is 54.6 Å². The third-order valence-corrected chi connectivity index (χ3v) is 5.47. The molecule has 168 valence electrons. The second-order valence-corrected chi connectivity index (χ2v) is 7.97. The van der Waals surface area contributed by atoms with Gasteiger partial charge in [-0.2, -0.15) is 0 Å². The van der Waals surface area contributed by atoms with Crippen LogP contribution in [0.1, 0.15) is 18.1 Å². The monoisotopic (exact) mass is 482 g/mol. The Balaban J connectivity index is 1.56. The van der Waals surface area contributed by atoms with Crippen LogP contribution >= 0.6 is 23.2 Å². The van der Waals surface area contributed by atoms with Crippen molar-refractivity contribution in [2.75, 3.05) is 11.5 Å². The summed E-state index contributed by atoms with van der Waals surface area (Å²) in [5.41, 5.74) is 2.06. The molecule has 0 atom stereocenters. The minimum Gasteiger partial charge on any atom is -0.490 e. The van der Waals surface area contributed by atoms with E-state index in [4.69, 9.17) is 32.7 Å².